The summed E-state index contributed by atoms with van der Waals surface area (Å²) < 4.78 is 22.9. The van der Waals surface area contributed by atoms with Crippen molar-refractivity contribution in [2.75, 3.05) is 13.7 Å². The Hall–Kier alpha value is -4.53. The molecule has 11 nitrogen and oxygen atoms in total. The summed E-state index contributed by atoms with van der Waals surface area (Å²) in [4.78, 5) is 15.5. The molecule has 38 heavy (non-hydrogen) atoms. The van der Waals surface area contributed by atoms with Crippen LogP contribution in [0.2, 0.25) is 0 Å². The zero-order chi connectivity index (χ0) is 26.8. The quantitative estimate of drug-likeness (QED) is 0.255. The Morgan fingerprint density at radius 2 is 1.95 bits per heavy atom. The number of esters is 1. The molecule has 0 saturated carbocycles. The minimum Gasteiger partial charge on any atom is -0.494 e. The molecule has 0 aliphatic carbocycles. The number of rotatable bonds is 6. The number of methoxy groups -OCH3 is 1. The molecule has 4 aromatic rings. The maximum absolute atomic E-state index is 11.9. The summed E-state index contributed by atoms with van der Waals surface area (Å²) in [6.07, 6.45) is 0.467. The molecule has 4 heterocycles. The lowest BCUT2D eigenvalue weighted by atomic mass is 9.76. The molecule has 11 heteroatoms. The highest BCUT2D eigenvalue weighted by molar-refractivity contribution is 6.00. The van der Waals surface area contributed by atoms with Crippen molar-refractivity contribution < 1.29 is 38.8 Å². The number of aliphatic hydroxyl groups is 1. The standard InChI is InChI=1S/C27H23N3O8/c1-26-19(31)12-27(38-26,10-11-36-22-16(13-37-29-22)25(34)35-3)21-20(26)23(32)30(24(21)33)18-9-8-17(28-2)14-6-4-5-7-15(14)18/h4-9,13,19,31-33H,10-12H2,1,3H3/t19-,26?,27?/m1/s1. The summed E-state index contributed by atoms with van der Waals surface area (Å²) in [6, 6.07) is 10.6. The van der Waals surface area contributed by atoms with Gasteiger partial charge in [-0.25, -0.2) is 9.64 Å². The molecule has 2 aliphatic rings. The Kier molecular flexibility index (Phi) is 5.17. The first kappa shape index (κ1) is 23.8. The van der Waals surface area contributed by atoms with Gasteiger partial charge in [-0.3, -0.25) is 4.57 Å². The summed E-state index contributed by atoms with van der Waals surface area (Å²) >= 11 is 0. The molecule has 1 saturated heterocycles. The van der Waals surface area contributed by atoms with Crippen LogP contribution in [0.3, 0.4) is 0 Å². The van der Waals surface area contributed by atoms with Crippen molar-refractivity contribution in [3.8, 4) is 23.3 Å². The first-order valence-electron chi connectivity index (χ1n) is 11.9. The number of nitrogens with zero attached hydrogens (tertiary/aromatic N) is 3. The van der Waals surface area contributed by atoms with Gasteiger partial charge in [0.2, 0.25) is 11.8 Å². The van der Waals surface area contributed by atoms with E-state index in [2.05, 4.69) is 10.0 Å². The smallest absolute Gasteiger partial charge is 0.346 e. The normalized spacial score (nSPS) is 23.4. The van der Waals surface area contributed by atoms with Crippen molar-refractivity contribution in [2.45, 2.75) is 37.1 Å². The fourth-order valence-corrected chi connectivity index (χ4v) is 5.80. The summed E-state index contributed by atoms with van der Waals surface area (Å²) in [6.45, 7) is 9.15. The van der Waals surface area contributed by atoms with E-state index in [4.69, 9.17) is 25.3 Å². The highest BCUT2D eigenvalue weighted by Gasteiger charge is 2.66. The van der Waals surface area contributed by atoms with Gasteiger partial charge in [0.05, 0.1) is 43.2 Å². The highest BCUT2D eigenvalue weighted by Crippen LogP contribution is 2.65. The lowest BCUT2D eigenvalue weighted by molar-refractivity contribution is -0.107. The van der Waals surface area contributed by atoms with Crippen LogP contribution in [0.1, 0.15) is 41.3 Å². The molecular weight excluding hydrogens is 494 g/mol. The number of aromatic hydroxyl groups is 2. The number of aliphatic hydroxyl groups excluding tert-OH is 1. The van der Waals surface area contributed by atoms with Crippen molar-refractivity contribution in [3.05, 3.63) is 70.8 Å². The van der Waals surface area contributed by atoms with E-state index >= 15 is 0 Å². The van der Waals surface area contributed by atoms with Crippen LogP contribution < -0.4 is 4.74 Å². The van der Waals surface area contributed by atoms with E-state index in [1.165, 1.54) is 11.7 Å². The van der Waals surface area contributed by atoms with Crippen molar-refractivity contribution in [1.82, 2.24) is 9.72 Å². The molecule has 3 N–H and O–H groups in total. The van der Waals surface area contributed by atoms with E-state index in [1.807, 2.05) is 18.2 Å². The van der Waals surface area contributed by atoms with Crippen molar-refractivity contribution in [3.63, 3.8) is 0 Å². The SMILES string of the molecule is [C-]#[N+]c1ccc(-n2c(O)c3c(c2O)C2(C)OC3(CCOc3nocc3C(=O)OC)C[C@H]2O)c2ccccc12. The van der Waals surface area contributed by atoms with Crippen LogP contribution in [0.5, 0.6) is 17.6 Å². The second kappa shape index (κ2) is 8.24. The lowest BCUT2D eigenvalue weighted by Crippen LogP contribution is -2.33. The first-order valence-corrected chi connectivity index (χ1v) is 11.9. The number of benzene rings is 2. The Bertz CT molecular complexity index is 1650. The van der Waals surface area contributed by atoms with E-state index in [0.29, 0.717) is 33.3 Å². The van der Waals surface area contributed by atoms with Crippen LogP contribution in [0.25, 0.3) is 21.3 Å². The van der Waals surface area contributed by atoms with E-state index in [9.17, 15) is 20.1 Å². The van der Waals surface area contributed by atoms with Crippen LogP contribution in [-0.4, -0.2) is 50.8 Å². The molecule has 194 valence electrons. The predicted octanol–water partition coefficient (Wildman–Crippen LogP) is 4.04. The summed E-state index contributed by atoms with van der Waals surface area (Å²) in [7, 11) is 1.23. The minimum atomic E-state index is -1.28. The monoisotopic (exact) mass is 517 g/mol. The number of hydrogen-bond acceptors (Lipinski definition) is 9. The van der Waals surface area contributed by atoms with Crippen molar-refractivity contribution >= 4 is 22.4 Å². The van der Waals surface area contributed by atoms with E-state index < -0.39 is 23.3 Å². The van der Waals surface area contributed by atoms with Crippen LogP contribution >= 0.6 is 0 Å². The minimum absolute atomic E-state index is 0.00716. The molecule has 2 aromatic carbocycles. The van der Waals surface area contributed by atoms with Gasteiger partial charge >= 0.3 is 5.97 Å². The zero-order valence-corrected chi connectivity index (χ0v) is 20.5. The van der Waals surface area contributed by atoms with Gasteiger partial charge in [-0.05, 0) is 28.9 Å². The first-order chi connectivity index (χ1) is 18.3. The predicted molar refractivity (Wildman–Crippen MR) is 132 cm³/mol. The zero-order valence-electron chi connectivity index (χ0n) is 20.5. The maximum Gasteiger partial charge on any atom is 0.346 e. The van der Waals surface area contributed by atoms with Gasteiger partial charge < -0.3 is 34.1 Å². The van der Waals surface area contributed by atoms with Crippen LogP contribution in [0.4, 0.5) is 5.69 Å². The summed E-state index contributed by atoms with van der Waals surface area (Å²) in [5.74, 6) is -1.21. The third-order valence-electron chi connectivity index (χ3n) is 7.57. The Morgan fingerprint density at radius 1 is 1.21 bits per heavy atom. The highest BCUT2D eigenvalue weighted by atomic mass is 16.6. The Morgan fingerprint density at radius 3 is 2.68 bits per heavy atom. The van der Waals surface area contributed by atoms with Crippen LogP contribution in [0.15, 0.2) is 47.2 Å². The molecule has 6 rings (SSSR count). The molecule has 0 radical (unpaired) electrons. The molecule has 0 amide bonds. The molecular formula is C27H23N3O8. The Labute approximate surface area is 216 Å². The largest absolute Gasteiger partial charge is 0.494 e. The Balaban J connectivity index is 1.42. The number of hydrogen-bond donors (Lipinski definition) is 3. The van der Waals surface area contributed by atoms with E-state index in [1.54, 1.807) is 25.1 Å². The van der Waals surface area contributed by atoms with Gasteiger partial charge in [-0.2, -0.15) is 0 Å². The average Bonchev–Trinajstić information content (AvgIpc) is 3.62. The number of carbonyl (C=O) groups excluding carboxylic acids is 1. The molecule has 2 aromatic heterocycles. The van der Waals surface area contributed by atoms with Gasteiger partial charge in [0.25, 0.3) is 5.88 Å². The fourth-order valence-electron chi connectivity index (χ4n) is 5.80. The van der Waals surface area contributed by atoms with Gasteiger partial charge in [0, 0.05) is 12.8 Å². The molecule has 2 aliphatic heterocycles. The van der Waals surface area contributed by atoms with E-state index in [0.717, 1.165) is 6.26 Å². The molecule has 3 atom stereocenters. The lowest BCUT2D eigenvalue weighted by Gasteiger charge is -2.26. The van der Waals surface area contributed by atoms with E-state index in [-0.39, 0.29) is 42.7 Å². The second-order valence-electron chi connectivity index (χ2n) is 9.54. The number of carbonyl (C=O) groups is 1. The average molecular weight is 517 g/mol. The molecule has 2 bridgehead atoms. The third-order valence-corrected chi connectivity index (χ3v) is 7.57. The topological polar surface area (TPSA) is 141 Å². The van der Waals surface area contributed by atoms with Crippen LogP contribution in [0, 0.1) is 6.57 Å². The maximum atomic E-state index is 11.9. The number of fused-ring (bicyclic) bond motifs is 6. The third kappa shape index (κ3) is 3.08. The van der Waals surface area contributed by atoms with Crippen LogP contribution in [-0.2, 0) is 20.7 Å². The van der Waals surface area contributed by atoms with Crippen molar-refractivity contribution in [2.24, 2.45) is 0 Å². The van der Waals surface area contributed by atoms with Gasteiger partial charge in [0.1, 0.15) is 17.5 Å². The molecule has 1 fully saturated rings. The second-order valence-corrected chi connectivity index (χ2v) is 9.54. The van der Waals surface area contributed by atoms with Gasteiger partial charge in [-0.1, -0.05) is 30.3 Å². The molecule has 2 unspecified atom stereocenters. The summed E-state index contributed by atoms with van der Waals surface area (Å²) in [5.41, 5.74) is -0.859. The molecule has 0 spiro atoms. The number of ether oxygens (including phenoxy) is 3. The van der Waals surface area contributed by atoms with Gasteiger partial charge in [-0.15, -0.1) is 0 Å². The fraction of sp³-hybridized carbons (Fsp3) is 0.296. The van der Waals surface area contributed by atoms with Crippen molar-refractivity contribution in [1.29, 1.82) is 0 Å². The number of aromatic nitrogens is 2. The van der Waals surface area contributed by atoms with Gasteiger partial charge in [0.15, 0.2) is 11.3 Å². The summed E-state index contributed by atoms with van der Waals surface area (Å²) in [5, 5.41) is 39.0.